The number of rotatable bonds is 3. The molecular formula is C13H18ClNO2. The van der Waals surface area contributed by atoms with Gasteiger partial charge in [-0.1, -0.05) is 17.7 Å². The molecule has 1 aromatic carbocycles. The Labute approximate surface area is 107 Å². The monoisotopic (exact) mass is 255 g/mol. The van der Waals surface area contributed by atoms with Gasteiger partial charge in [-0.15, -0.1) is 0 Å². The van der Waals surface area contributed by atoms with Crippen LogP contribution in [0.3, 0.4) is 0 Å². The van der Waals surface area contributed by atoms with E-state index in [0.29, 0.717) is 16.8 Å². The van der Waals surface area contributed by atoms with E-state index < -0.39 is 0 Å². The van der Waals surface area contributed by atoms with Crippen molar-refractivity contribution in [3.05, 3.63) is 28.8 Å². The van der Waals surface area contributed by atoms with Gasteiger partial charge < -0.3 is 14.8 Å². The maximum absolute atomic E-state index is 6.09. The van der Waals surface area contributed by atoms with Crippen molar-refractivity contribution < 1.29 is 9.47 Å². The lowest BCUT2D eigenvalue weighted by atomic mass is 10.1. The van der Waals surface area contributed by atoms with Gasteiger partial charge in [-0.3, -0.25) is 0 Å². The van der Waals surface area contributed by atoms with Crippen molar-refractivity contribution in [2.75, 3.05) is 20.3 Å². The molecule has 1 heterocycles. The molecular weight excluding hydrogens is 238 g/mol. The first-order valence-electron chi connectivity index (χ1n) is 5.86. The van der Waals surface area contributed by atoms with Crippen molar-refractivity contribution in [1.82, 2.24) is 5.32 Å². The predicted molar refractivity (Wildman–Crippen MR) is 68.9 cm³/mol. The molecule has 1 fully saturated rings. The van der Waals surface area contributed by atoms with Crippen LogP contribution in [0.25, 0.3) is 0 Å². The van der Waals surface area contributed by atoms with Gasteiger partial charge >= 0.3 is 0 Å². The average molecular weight is 256 g/mol. The van der Waals surface area contributed by atoms with Gasteiger partial charge in [0, 0.05) is 12.6 Å². The van der Waals surface area contributed by atoms with Crippen LogP contribution in [0.4, 0.5) is 0 Å². The molecule has 0 amide bonds. The largest absolute Gasteiger partial charge is 0.495 e. The molecule has 0 spiro atoms. The van der Waals surface area contributed by atoms with E-state index in [1.807, 2.05) is 18.2 Å². The van der Waals surface area contributed by atoms with Gasteiger partial charge in [-0.2, -0.15) is 0 Å². The normalized spacial score (nSPS) is 24.6. The van der Waals surface area contributed by atoms with E-state index in [-0.39, 0.29) is 6.10 Å². The standard InChI is InChI=1S/C13H18ClNO2/c1-9-8-17-11(7-15-9)5-10-3-4-13(16-2)12(14)6-10/h3-4,6,9,11,15H,5,7-8H2,1-2H3. The number of morpholine rings is 1. The van der Waals surface area contributed by atoms with Crippen LogP contribution >= 0.6 is 11.6 Å². The first kappa shape index (κ1) is 12.7. The molecule has 0 saturated carbocycles. The van der Waals surface area contributed by atoms with E-state index in [1.165, 1.54) is 5.56 Å². The van der Waals surface area contributed by atoms with Crippen LogP contribution in [-0.4, -0.2) is 32.4 Å². The number of benzene rings is 1. The fourth-order valence-electron chi connectivity index (χ4n) is 1.96. The maximum atomic E-state index is 6.09. The Hall–Kier alpha value is -0.770. The third-order valence-corrected chi connectivity index (χ3v) is 3.25. The zero-order valence-electron chi connectivity index (χ0n) is 10.2. The first-order valence-corrected chi connectivity index (χ1v) is 6.24. The smallest absolute Gasteiger partial charge is 0.137 e. The number of ether oxygens (including phenoxy) is 2. The van der Waals surface area contributed by atoms with E-state index in [0.717, 1.165) is 19.6 Å². The van der Waals surface area contributed by atoms with Gasteiger partial charge in [-0.25, -0.2) is 0 Å². The highest BCUT2D eigenvalue weighted by Crippen LogP contribution is 2.25. The molecule has 0 aliphatic carbocycles. The van der Waals surface area contributed by atoms with E-state index in [9.17, 15) is 0 Å². The third kappa shape index (κ3) is 3.35. The summed E-state index contributed by atoms with van der Waals surface area (Å²) in [6.07, 6.45) is 1.11. The van der Waals surface area contributed by atoms with Gasteiger partial charge in [0.25, 0.3) is 0 Å². The van der Waals surface area contributed by atoms with E-state index in [1.54, 1.807) is 7.11 Å². The lowest BCUT2D eigenvalue weighted by Gasteiger charge is -2.28. The van der Waals surface area contributed by atoms with Crippen molar-refractivity contribution in [2.45, 2.75) is 25.5 Å². The van der Waals surface area contributed by atoms with Gasteiger partial charge in [0.15, 0.2) is 0 Å². The van der Waals surface area contributed by atoms with E-state index >= 15 is 0 Å². The summed E-state index contributed by atoms with van der Waals surface area (Å²) in [6.45, 7) is 3.79. The average Bonchev–Trinajstić information content (AvgIpc) is 2.32. The van der Waals surface area contributed by atoms with Crippen LogP contribution in [0.15, 0.2) is 18.2 Å². The summed E-state index contributed by atoms with van der Waals surface area (Å²) in [5, 5.41) is 4.06. The summed E-state index contributed by atoms with van der Waals surface area (Å²) < 4.78 is 10.9. The molecule has 0 radical (unpaired) electrons. The fourth-order valence-corrected chi connectivity index (χ4v) is 2.24. The van der Waals surface area contributed by atoms with Crippen molar-refractivity contribution in [3.63, 3.8) is 0 Å². The number of nitrogens with one attached hydrogen (secondary N) is 1. The molecule has 3 nitrogen and oxygen atoms in total. The first-order chi connectivity index (χ1) is 8.19. The molecule has 1 aliphatic rings. The summed E-state index contributed by atoms with van der Waals surface area (Å²) >= 11 is 6.09. The lowest BCUT2D eigenvalue weighted by Crippen LogP contribution is -2.45. The highest BCUT2D eigenvalue weighted by molar-refractivity contribution is 6.32. The molecule has 4 heteroatoms. The number of halogens is 1. The molecule has 1 aliphatic heterocycles. The third-order valence-electron chi connectivity index (χ3n) is 2.96. The minimum atomic E-state index is 0.232. The van der Waals surface area contributed by atoms with Gasteiger partial charge in [0.1, 0.15) is 5.75 Å². The Balaban J connectivity index is 1.97. The zero-order chi connectivity index (χ0) is 12.3. The van der Waals surface area contributed by atoms with Crippen molar-refractivity contribution >= 4 is 11.6 Å². The second-order valence-corrected chi connectivity index (χ2v) is 4.84. The Morgan fingerprint density at radius 2 is 2.35 bits per heavy atom. The molecule has 17 heavy (non-hydrogen) atoms. The second kappa shape index (κ2) is 5.71. The zero-order valence-corrected chi connectivity index (χ0v) is 11.0. The summed E-state index contributed by atoms with van der Waals surface area (Å²) in [5.74, 6) is 0.715. The van der Waals surface area contributed by atoms with Crippen LogP contribution in [-0.2, 0) is 11.2 Å². The minimum Gasteiger partial charge on any atom is -0.495 e. The molecule has 0 aromatic heterocycles. The van der Waals surface area contributed by atoms with Crippen molar-refractivity contribution in [3.8, 4) is 5.75 Å². The van der Waals surface area contributed by atoms with Gasteiger partial charge in [0.05, 0.1) is 24.8 Å². The fraction of sp³-hybridized carbons (Fsp3) is 0.538. The highest BCUT2D eigenvalue weighted by atomic mass is 35.5. The topological polar surface area (TPSA) is 30.5 Å². The van der Waals surface area contributed by atoms with Crippen LogP contribution in [0.2, 0.25) is 5.02 Å². The minimum absolute atomic E-state index is 0.232. The van der Waals surface area contributed by atoms with Crippen LogP contribution in [0.1, 0.15) is 12.5 Å². The number of hydrogen-bond acceptors (Lipinski definition) is 3. The maximum Gasteiger partial charge on any atom is 0.137 e. The molecule has 1 aromatic rings. The van der Waals surface area contributed by atoms with Crippen LogP contribution < -0.4 is 10.1 Å². The lowest BCUT2D eigenvalue weighted by molar-refractivity contribution is 0.00881. The summed E-state index contributed by atoms with van der Waals surface area (Å²) in [5.41, 5.74) is 1.18. The second-order valence-electron chi connectivity index (χ2n) is 4.44. The van der Waals surface area contributed by atoms with Gasteiger partial charge in [0.2, 0.25) is 0 Å². The number of hydrogen-bond donors (Lipinski definition) is 1. The van der Waals surface area contributed by atoms with Crippen molar-refractivity contribution in [1.29, 1.82) is 0 Å². The molecule has 2 atom stereocenters. The highest BCUT2D eigenvalue weighted by Gasteiger charge is 2.18. The Morgan fingerprint density at radius 1 is 1.53 bits per heavy atom. The van der Waals surface area contributed by atoms with Crippen LogP contribution in [0, 0.1) is 0 Å². The van der Waals surface area contributed by atoms with Crippen molar-refractivity contribution in [2.24, 2.45) is 0 Å². The molecule has 1 saturated heterocycles. The molecule has 2 unspecified atom stereocenters. The quantitative estimate of drug-likeness (QED) is 0.899. The van der Waals surface area contributed by atoms with E-state index in [2.05, 4.69) is 12.2 Å². The SMILES string of the molecule is COc1ccc(CC2CNC(C)CO2)cc1Cl. The summed E-state index contributed by atoms with van der Waals surface area (Å²) in [4.78, 5) is 0. The predicted octanol–water partition coefficient (Wildman–Crippen LogP) is 2.27. The summed E-state index contributed by atoms with van der Waals surface area (Å²) in [6, 6.07) is 6.33. The Bertz CT molecular complexity index is 376. The van der Waals surface area contributed by atoms with Gasteiger partial charge in [-0.05, 0) is 31.0 Å². The Morgan fingerprint density at radius 3 is 2.94 bits per heavy atom. The van der Waals surface area contributed by atoms with Crippen LogP contribution in [0.5, 0.6) is 5.75 Å². The molecule has 0 bridgehead atoms. The summed E-state index contributed by atoms with van der Waals surface area (Å²) in [7, 11) is 1.62. The molecule has 1 N–H and O–H groups in total. The Kier molecular flexibility index (Phi) is 4.26. The molecule has 94 valence electrons. The molecule has 2 rings (SSSR count). The van der Waals surface area contributed by atoms with E-state index in [4.69, 9.17) is 21.1 Å². The number of methoxy groups -OCH3 is 1.